The molecular formula is C21H22O. The molecular weight excluding hydrogens is 268 g/mol. The first kappa shape index (κ1) is 13.6. The Kier molecular flexibility index (Phi) is 3.72. The smallest absolute Gasteiger partial charge is 0.123 e. The lowest BCUT2D eigenvalue weighted by Gasteiger charge is -2.31. The molecule has 0 N–H and O–H groups in total. The molecule has 2 aromatic rings. The van der Waals surface area contributed by atoms with Crippen LogP contribution in [0.5, 0.6) is 5.75 Å². The van der Waals surface area contributed by atoms with Crippen LogP contribution < -0.4 is 4.74 Å². The summed E-state index contributed by atoms with van der Waals surface area (Å²) in [6.45, 7) is 0. The third kappa shape index (κ3) is 2.68. The van der Waals surface area contributed by atoms with Gasteiger partial charge < -0.3 is 4.74 Å². The summed E-state index contributed by atoms with van der Waals surface area (Å²) in [7, 11) is 0. The molecule has 1 nitrogen and oxygen atoms in total. The van der Waals surface area contributed by atoms with Crippen LogP contribution in [0, 0.1) is 0 Å². The van der Waals surface area contributed by atoms with Gasteiger partial charge >= 0.3 is 0 Å². The number of ether oxygens (including phenoxy) is 1. The molecule has 0 fully saturated rings. The molecule has 4 rings (SSSR count). The van der Waals surface area contributed by atoms with Gasteiger partial charge in [0.1, 0.15) is 11.9 Å². The van der Waals surface area contributed by atoms with Crippen molar-refractivity contribution < 1.29 is 4.74 Å². The van der Waals surface area contributed by atoms with E-state index in [0.717, 1.165) is 25.0 Å². The lowest BCUT2D eigenvalue weighted by atomic mass is 9.82. The van der Waals surface area contributed by atoms with Crippen molar-refractivity contribution in [2.75, 3.05) is 0 Å². The van der Waals surface area contributed by atoms with Crippen molar-refractivity contribution in [3.63, 3.8) is 0 Å². The molecule has 2 aromatic carbocycles. The molecule has 0 aromatic heterocycles. The number of hydrogen-bond donors (Lipinski definition) is 0. The van der Waals surface area contributed by atoms with Crippen LogP contribution in [-0.4, -0.2) is 6.10 Å². The predicted octanol–water partition coefficient (Wildman–Crippen LogP) is 5.27. The van der Waals surface area contributed by atoms with Gasteiger partial charge in [0.2, 0.25) is 0 Å². The van der Waals surface area contributed by atoms with Crippen molar-refractivity contribution in [1.82, 2.24) is 0 Å². The van der Waals surface area contributed by atoms with Gasteiger partial charge in [0.15, 0.2) is 0 Å². The topological polar surface area (TPSA) is 9.23 Å². The van der Waals surface area contributed by atoms with Crippen LogP contribution in [0.15, 0.2) is 66.2 Å². The molecule has 1 heterocycles. The first-order chi connectivity index (χ1) is 10.9. The minimum absolute atomic E-state index is 0.298. The molecule has 22 heavy (non-hydrogen) atoms. The SMILES string of the molecule is C1=C(C2CCc3ccccc3O2)CCC(c2ccccc2)C1. The normalized spacial score (nSPS) is 24.1. The molecule has 0 saturated carbocycles. The third-order valence-corrected chi connectivity index (χ3v) is 5.05. The number of fused-ring (bicyclic) bond motifs is 1. The van der Waals surface area contributed by atoms with E-state index in [2.05, 4.69) is 60.7 Å². The molecule has 0 spiro atoms. The zero-order valence-corrected chi connectivity index (χ0v) is 12.9. The predicted molar refractivity (Wildman–Crippen MR) is 90.3 cm³/mol. The molecule has 112 valence electrons. The maximum absolute atomic E-state index is 6.24. The Labute approximate surface area is 132 Å². The Hall–Kier alpha value is -2.02. The summed E-state index contributed by atoms with van der Waals surface area (Å²) in [5.41, 5.74) is 4.35. The highest BCUT2D eigenvalue weighted by molar-refractivity contribution is 5.37. The first-order valence-corrected chi connectivity index (χ1v) is 8.38. The second-order valence-electron chi connectivity index (χ2n) is 6.41. The Bertz CT molecular complexity index is 671. The summed E-state index contributed by atoms with van der Waals surface area (Å²) in [4.78, 5) is 0. The van der Waals surface area contributed by atoms with E-state index in [1.54, 1.807) is 0 Å². The van der Waals surface area contributed by atoms with Gasteiger partial charge in [0, 0.05) is 0 Å². The molecule has 0 amide bonds. The molecule has 2 atom stereocenters. The summed E-state index contributed by atoms with van der Waals surface area (Å²) in [5.74, 6) is 1.77. The van der Waals surface area contributed by atoms with E-state index in [1.807, 2.05) is 0 Å². The maximum Gasteiger partial charge on any atom is 0.123 e. The molecule has 2 aliphatic rings. The Morgan fingerprint density at radius 3 is 2.45 bits per heavy atom. The van der Waals surface area contributed by atoms with Crippen LogP contribution in [0.4, 0.5) is 0 Å². The minimum atomic E-state index is 0.298. The molecule has 0 bridgehead atoms. The van der Waals surface area contributed by atoms with Gasteiger partial charge in [-0.1, -0.05) is 54.6 Å². The number of benzene rings is 2. The molecule has 1 heteroatoms. The Morgan fingerprint density at radius 2 is 1.64 bits per heavy atom. The van der Waals surface area contributed by atoms with Gasteiger partial charge in [0.05, 0.1) is 0 Å². The number of para-hydroxylation sites is 1. The highest BCUT2D eigenvalue weighted by Crippen LogP contribution is 2.37. The second kappa shape index (κ2) is 6.00. The van der Waals surface area contributed by atoms with Crippen LogP contribution in [0.1, 0.15) is 42.7 Å². The van der Waals surface area contributed by atoms with Crippen LogP contribution in [-0.2, 0) is 6.42 Å². The Morgan fingerprint density at radius 1 is 0.818 bits per heavy atom. The van der Waals surface area contributed by atoms with E-state index < -0.39 is 0 Å². The number of hydrogen-bond acceptors (Lipinski definition) is 1. The summed E-state index contributed by atoms with van der Waals surface area (Å²) in [6.07, 6.45) is 8.58. The van der Waals surface area contributed by atoms with Crippen LogP contribution >= 0.6 is 0 Å². The number of allylic oxidation sites excluding steroid dienone is 1. The van der Waals surface area contributed by atoms with E-state index in [9.17, 15) is 0 Å². The van der Waals surface area contributed by atoms with Crippen LogP contribution in [0.25, 0.3) is 0 Å². The van der Waals surface area contributed by atoms with Gasteiger partial charge in [-0.2, -0.15) is 0 Å². The van der Waals surface area contributed by atoms with Crippen molar-refractivity contribution >= 4 is 0 Å². The van der Waals surface area contributed by atoms with E-state index >= 15 is 0 Å². The standard InChI is InChI=1S/C21H22O/c1-2-6-16(7-3-1)17-10-12-19(13-11-17)21-15-14-18-8-4-5-9-20(18)22-21/h1-9,12,17,21H,10-11,13-15H2. The third-order valence-electron chi connectivity index (χ3n) is 5.05. The average Bonchev–Trinajstić information content (AvgIpc) is 2.62. The summed E-state index contributed by atoms with van der Waals surface area (Å²) in [6, 6.07) is 19.4. The van der Waals surface area contributed by atoms with E-state index in [0.29, 0.717) is 12.0 Å². The fourth-order valence-corrected chi connectivity index (χ4v) is 3.76. The minimum Gasteiger partial charge on any atom is -0.486 e. The van der Waals surface area contributed by atoms with Gasteiger partial charge in [-0.3, -0.25) is 0 Å². The van der Waals surface area contributed by atoms with Crippen molar-refractivity contribution in [2.24, 2.45) is 0 Å². The summed E-state index contributed by atoms with van der Waals surface area (Å²) >= 11 is 0. The molecule has 1 aliphatic carbocycles. The van der Waals surface area contributed by atoms with Gasteiger partial charge in [0.25, 0.3) is 0 Å². The fourth-order valence-electron chi connectivity index (χ4n) is 3.76. The van der Waals surface area contributed by atoms with E-state index in [-0.39, 0.29) is 0 Å². The molecule has 0 radical (unpaired) electrons. The highest BCUT2D eigenvalue weighted by Gasteiger charge is 2.26. The maximum atomic E-state index is 6.24. The molecule has 2 unspecified atom stereocenters. The number of rotatable bonds is 2. The average molecular weight is 290 g/mol. The molecule has 1 aliphatic heterocycles. The van der Waals surface area contributed by atoms with Crippen LogP contribution in [0.2, 0.25) is 0 Å². The lowest BCUT2D eigenvalue weighted by Crippen LogP contribution is -2.26. The largest absolute Gasteiger partial charge is 0.486 e. The zero-order chi connectivity index (χ0) is 14.8. The molecule has 0 saturated heterocycles. The van der Waals surface area contributed by atoms with Crippen molar-refractivity contribution in [1.29, 1.82) is 0 Å². The lowest BCUT2D eigenvalue weighted by molar-refractivity contribution is 0.200. The zero-order valence-electron chi connectivity index (χ0n) is 12.9. The van der Waals surface area contributed by atoms with Gasteiger partial charge in [-0.05, 0) is 60.8 Å². The fraction of sp³-hybridized carbons (Fsp3) is 0.333. The van der Waals surface area contributed by atoms with Crippen molar-refractivity contribution in [3.8, 4) is 5.75 Å². The highest BCUT2D eigenvalue weighted by atomic mass is 16.5. The van der Waals surface area contributed by atoms with Crippen LogP contribution in [0.3, 0.4) is 0 Å². The number of aryl methyl sites for hydroxylation is 1. The quantitative estimate of drug-likeness (QED) is 0.684. The first-order valence-electron chi connectivity index (χ1n) is 8.38. The van der Waals surface area contributed by atoms with E-state index in [4.69, 9.17) is 4.74 Å². The second-order valence-corrected chi connectivity index (χ2v) is 6.41. The van der Waals surface area contributed by atoms with Gasteiger partial charge in [-0.25, -0.2) is 0 Å². The van der Waals surface area contributed by atoms with E-state index in [1.165, 1.54) is 29.5 Å². The van der Waals surface area contributed by atoms with Gasteiger partial charge in [-0.15, -0.1) is 0 Å². The summed E-state index contributed by atoms with van der Waals surface area (Å²) < 4.78 is 6.24. The monoisotopic (exact) mass is 290 g/mol. The Balaban J connectivity index is 1.46. The summed E-state index contributed by atoms with van der Waals surface area (Å²) in [5, 5.41) is 0. The van der Waals surface area contributed by atoms with Crippen molar-refractivity contribution in [3.05, 3.63) is 77.4 Å². The van der Waals surface area contributed by atoms with Crippen molar-refractivity contribution in [2.45, 2.75) is 44.1 Å².